The molecule has 0 heterocycles. The average molecular weight is 165 g/mol. The van der Waals surface area contributed by atoms with E-state index in [9.17, 15) is 0 Å². The molecule has 0 N–H and O–H groups in total. The van der Waals surface area contributed by atoms with Crippen LogP contribution in [0.5, 0.6) is 0 Å². The molecule has 0 radical (unpaired) electrons. The molecule has 0 spiro atoms. The molecule has 0 aliphatic heterocycles. The Kier molecular flexibility index (Phi) is 5.18. The number of hydrogen-bond acceptors (Lipinski definition) is 1. The van der Waals surface area contributed by atoms with E-state index >= 15 is 0 Å². The highest BCUT2D eigenvalue weighted by Gasteiger charge is 1.94. The van der Waals surface area contributed by atoms with Crippen LogP contribution in [0, 0.1) is 0 Å². The summed E-state index contributed by atoms with van der Waals surface area (Å²) in [7, 11) is 2.05. The van der Waals surface area contributed by atoms with Crippen LogP contribution in [-0.2, 0) is 0 Å². The van der Waals surface area contributed by atoms with E-state index in [1.54, 1.807) is 0 Å². The molecule has 0 atom stereocenters. The molecule has 12 heavy (non-hydrogen) atoms. The maximum atomic E-state index is 3.94. The molecule has 1 heteroatoms. The fraction of sp³-hybridized carbons (Fsp3) is 0.455. The van der Waals surface area contributed by atoms with Crippen LogP contribution in [0.15, 0.2) is 36.6 Å². The zero-order chi connectivity index (χ0) is 9.56. The second-order valence-corrected chi connectivity index (χ2v) is 3.09. The van der Waals surface area contributed by atoms with E-state index in [2.05, 4.69) is 32.0 Å². The van der Waals surface area contributed by atoms with E-state index in [1.807, 2.05) is 19.1 Å². The van der Waals surface area contributed by atoms with Gasteiger partial charge in [0, 0.05) is 19.3 Å². The molecular formula is C11H19N. The molecule has 0 unspecified atom stereocenters. The van der Waals surface area contributed by atoms with Gasteiger partial charge in [0.1, 0.15) is 0 Å². The molecule has 0 aliphatic carbocycles. The minimum absolute atomic E-state index is 1.04. The molecule has 0 fully saturated rings. The van der Waals surface area contributed by atoms with Crippen molar-refractivity contribution in [1.82, 2.24) is 4.90 Å². The molecule has 0 amide bonds. The predicted octanol–water partition coefficient (Wildman–Crippen LogP) is 2.97. The molecule has 0 saturated carbocycles. The quantitative estimate of drug-likeness (QED) is 0.566. The first-order chi connectivity index (χ1) is 5.57. The standard InChI is InChI=1S/C11H19N/c1-6-9-12(5)11(4)8-7-10(2)3/h7-8H,2,4,6,9H2,1,3,5H3/b8-7-. The molecule has 0 aromatic rings. The van der Waals surface area contributed by atoms with Gasteiger partial charge in [-0.15, -0.1) is 0 Å². The largest absolute Gasteiger partial charge is 0.375 e. The number of nitrogens with zero attached hydrogens (tertiary/aromatic N) is 1. The number of hydrogen-bond donors (Lipinski definition) is 0. The van der Waals surface area contributed by atoms with Crippen LogP contribution >= 0.6 is 0 Å². The SMILES string of the molecule is C=C(C)/C=C\C(=C)N(C)CCC. The molecule has 1 nitrogen and oxygen atoms in total. The van der Waals surface area contributed by atoms with Crippen LogP contribution in [0.3, 0.4) is 0 Å². The lowest BCUT2D eigenvalue weighted by Gasteiger charge is -2.17. The summed E-state index contributed by atoms with van der Waals surface area (Å²) in [4.78, 5) is 2.14. The van der Waals surface area contributed by atoms with Crippen LogP contribution in [0.4, 0.5) is 0 Å². The predicted molar refractivity (Wildman–Crippen MR) is 56.0 cm³/mol. The molecule has 0 aromatic carbocycles. The van der Waals surface area contributed by atoms with Crippen LogP contribution in [0.1, 0.15) is 20.3 Å². The third kappa shape index (κ3) is 4.78. The average Bonchev–Trinajstić information content (AvgIpc) is 2.00. The highest BCUT2D eigenvalue weighted by molar-refractivity contribution is 5.21. The first-order valence-electron chi connectivity index (χ1n) is 4.31. The third-order valence-electron chi connectivity index (χ3n) is 1.61. The van der Waals surface area contributed by atoms with Gasteiger partial charge in [-0.2, -0.15) is 0 Å². The van der Waals surface area contributed by atoms with Gasteiger partial charge in [0.05, 0.1) is 0 Å². The van der Waals surface area contributed by atoms with E-state index in [4.69, 9.17) is 0 Å². The van der Waals surface area contributed by atoms with Crippen LogP contribution in [0.25, 0.3) is 0 Å². The summed E-state index contributed by atoms with van der Waals surface area (Å²) >= 11 is 0. The van der Waals surface area contributed by atoms with Gasteiger partial charge in [0.2, 0.25) is 0 Å². The summed E-state index contributed by atoms with van der Waals surface area (Å²) in [6.07, 6.45) is 5.13. The number of rotatable bonds is 5. The lowest BCUT2D eigenvalue weighted by molar-refractivity contribution is 0.431. The smallest absolute Gasteiger partial charge is 0.0290 e. The Balaban J connectivity index is 3.94. The van der Waals surface area contributed by atoms with Crippen molar-refractivity contribution >= 4 is 0 Å². The first-order valence-corrected chi connectivity index (χ1v) is 4.31. The number of likely N-dealkylation sites (N-methyl/N-ethyl adjacent to an activating group) is 1. The topological polar surface area (TPSA) is 3.24 Å². The van der Waals surface area contributed by atoms with Crippen molar-refractivity contribution in [2.45, 2.75) is 20.3 Å². The molecule has 0 bridgehead atoms. The Hall–Kier alpha value is -0.980. The van der Waals surface area contributed by atoms with Gasteiger partial charge in [-0.25, -0.2) is 0 Å². The Morgan fingerprint density at radius 1 is 1.33 bits per heavy atom. The normalized spacial score (nSPS) is 10.2. The zero-order valence-corrected chi connectivity index (χ0v) is 8.43. The van der Waals surface area contributed by atoms with Crippen LogP contribution in [-0.4, -0.2) is 18.5 Å². The Morgan fingerprint density at radius 2 is 1.92 bits per heavy atom. The Morgan fingerprint density at radius 3 is 2.33 bits per heavy atom. The maximum Gasteiger partial charge on any atom is 0.0290 e. The minimum Gasteiger partial charge on any atom is -0.375 e. The first kappa shape index (κ1) is 11.0. The molecule has 68 valence electrons. The molecular weight excluding hydrogens is 146 g/mol. The van der Waals surface area contributed by atoms with Gasteiger partial charge in [-0.3, -0.25) is 0 Å². The summed E-state index contributed by atoms with van der Waals surface area (Å²) in [5, 5.41) is 0. The van der Waals surface area contributed by atoms with E-state index in [-0.39, 0.29) is 0 Å². The molecule has 0 rings (SSSR count). The molecule has 0 aromatic heterocycles. The van der Waals surface area contributed by atoms with Crippen molar-refractivity contribution in [2.24, 2.45) is 0 Å². The maximum absolute atomic E-state index is 3.94. The highest BCUT2D eigenvalue weighted by Crippen LogP contribution is 2.02. The van der Waals surface area contributed by atoms with Crippen molar-refractivity contribution < 1.29 is 0 Å². The summed E-state index contributed by atoms with van der Waals surface area (Å²) in [5.74, 6) is 0. The van der Waals surface area contributed by atoms with E-state index in [0.717, 1.165) is 24.2 Å². The second kappa shape index (κ2) is 5.64. The van der Waals surface area contributed by atoms with Crippen molar-refractivity contribution in [2.75, 3.05) is 13.6 Å². The van der Waals surface area contributed by atoms with Gasteiger partial charge in [0.25, 0.3) is 0 Å². The zero-order valence-electron chi connectivity index (χ0n) is 8.43. The highest BCUT2D eigenvalue weighted by atomic mass is 15.1. The fourth-order valence-electron chi connectivity index (χ4n) is 0.845. The summed E-state index contributed by atoms with van der Waals surface area (Å²) in [6.45, 7) is 12.9. The van der Waals surface area contributed by atoms with E-state index in [0.29, 0.717) is 0 Å². The molecule has 0 saturated heterocycles. The van der Waals surface area contributed by atoms with E-state index in [1.165, 1.54) is 0 Å². The Labute approximate surface area is 76.1 Å². The number of allylic oxidation sites excluding steroid dienone is 3. The monoisotopic (exact) mass is 165 g/mol. The van der Waals surface area contributed by atoms with Crippen molar-refractivity contribution in [3.63, 3.8) is 0 Å². The lowest BCUT2D eigenvalue weighted by atomic mass is 10.3. The van der Waals surface area contributed by atoms with Gasteiger partial charge in [-0.05, 0) is 19.4 Å². The lowest BCUT2D eigenvalue weighted by Crippen LogP contribution is -2.16. The fourth-order valence-corrected chi connectivity index (χ4v) is 0.845. The van der Waals surface area contributed by atoms with Gasteiger partial charge < -0.3 is 4.90 Å². The van der Waals surface area contributed by atoms with Crippen LogP contribution < -0.4 is 0 Å². The molecule has 0 aliphatic rings. The minimum atomic E-state index is 1.04. The van der Waals surface area contributed by atoms with Crippen molar-refractivity contribution in [1.29, 1.82) is 0 Å². The summed E-state index contributed by atoms with van der Waals surface area (Å²) < 4.78 is 0. The van der Waals surface area contributed by atoms with Crippen molar-refractivity contribution in [3.8, 4) is 0 Å². The second-order valence-electron chi connectivity index (χ2n) is 3.09. The van der Waals surface area contributed by atoms with Crippen LogP contribution in [0.2, 0.25) is 0 Å². The van der Waals surface area contributed by atoms with Gasteiger partial charge in [0.15, 0.2) is 0 Å². The summed E-state index contributed by atoms with van der Waals surface area (Å²) in [6, 6.07) is 0. The van der Waals surface area contributed by atoms with E-state index < -0.39 is 0 Å². The van der Waals surface area contributed by atoms with Crippen molar-refractivity contribution in [3.05, 3.63) is 36.6 Å². The summed E-state index contributed by atoms with van der Waals surface area (Å²) in [5.41, 5.74) is 2.10. The Bertz CT molecular complexity index is 189. The van der Waals surface area contributed by atoms with Gasteiger partial charge in [-0.1, -0.05) is 31.7 Å². The third-order valence-corrected chi connectivity index (χ3v) is 1.61. The van der Waals surface area contributed by atoms with Gasteiger partial charge >= 0.3 is 0 Å².